The molecule has 0 aliphatic rings. The van der Waals surface area contributed by atoms with Gasteiger partial charge in [0.15, 0.2) is 11.8 Å². The van der Waals surface area contributed by atoms with Crippen molar-refractivity contribution < 1.29 is 0 Å². The first-order valence-corrected chi connectivity index (χ1v) is 7.37. The molecule has 0 fully saturated rings. The fraction of sp³-hybridized carbons (Fsp3) is 0.312. The zero-order valence-corrected chi connectivity index (χ0v) is 12.9. The highest BCUT2D eigenvalue weighted by Gasteiger charge is 2.04. The molecule has 1 heterocycles. The monoisotopic (exact) mass is 298 g/mol. The SMILES string of the molecule is C=CCNC(=NCc1ccccc1)NCc1nncn1CC. The highest BCUT2D eigenvalue weighted by molar-refractivity contribution is 5.79. The average molecular weight is 298 g/mol. The lowest BCUT2D eigenvalue weighted by molar-refractivity contribution is 0.671. The molecule has 0 saturated carbocycles. The third-order valence-electron chi connectivity index (χ3n) is 3.13. The van der Waals surface area contributed by atoms with Crippen molar-refractivity contribution in [2.75, 3.05) is 6.54 Å². The molecule has 0 bridgehead atoms. The van der Waals surface area contributed by atoms with E-state index in [4.69, 9.17) is 0 Å². The van der Waals surface area contributed by atoms with Gasteiger partial charge in [-0.1, -0.05) is 36.4 Å². The fourth-order valence-electron chi connectivity index (χ4n) is 1.94. The van der Waals surface area contributed by atoms with Crippen LogP contribution in [0, 0.1) is 0 Å². The molecule has 0 aliphatic carbocycles. The summed E-state index contributed by atoms with van der Waals surface area (Å²) in [6, 6.07) is 10.1. The van der Waals surface area contributed by atoms with E-state index in [1.54, 1.807) is 12.4 Å². The van der Waals surface area contributed by atoms with E-state index in [0.717, 1.165) is 18.3 Å². The number of aliphatic imine (C=N–C) groups is 1. The van der Waals surface area contributed by atoms with Crippen LogP contribution in [0.4, 0.5) is 0 Å². The largest absolute Gasteiger partial charge is 0.353 e. The van der Waals surface area contributed by atoms with Crippen LogP contribution in [-0.4, -0.2) is 27.3 Å². The molecular formula is C16H22N6. The number of rotatable bonds is 7. The first-order valence-electron chi connectivity index (χ1n) is 7.37. The van der Waals surface area contributed by atoms with E-state index in [0.29, 0.717) is 19.6 Å². The van der Waals surface area contributed by atoms with Crippen molar-refractivity contribution in [3.63, 3.8) is 0 Å². The Hall–Kier alpha value is -2.63. The molecule has 2 rings (SSSR count). The summed E-state index contributed by atoms with van der Waals surface area (Å²) in [6.07, 6.45) is 3.53. The molecule has 1 aromatic carbocycles. The van der Waals surface area contributed by atoms with E-state index in [1.807, 2.05) is 22.8 Å². The number of hydrogen-bond donors (Lipinski definition) is 2. The molecule has 22 heavy (non-hydrogen) atoms. The molecule has 0 aliphatic heterocycles. The van der Waals surface area contributed by atoms with E-state index in [-0.39, 0.29) is 0 Å². The van der Waals surface area contributed by atoms with Crippen molar-refractivity contribution in [1.29, 1.82) is 0 Å². The molecule has 2 aromatic rings. The van der Waals surface area contributed by atoms with E-state index in [2.05, 4.69) is 51.5 Å². The highest BCUT2D eigenvalue weighted by Crippen LogP contribution is 2.00. The molecule has 6 nitrogen and oxygen atoms in total. The van der Waals surface area contributed by atoms with Gasteiger partial charge >= 0.3 is 0 Å². The summed E-state index contributed by atoms with van der Waals surface area (Å²) in [5.74, 6) is 1.62. The Morgan fingerprint density at radius 2 is 2.14 bits per heavy atom. The summed E-state index contributed by atoms with van der Waals surface area (Å²) < 4.78 is 2.00. The molecule has 1 aromatic heterocycles. The summed E-state index contributed by atoms with van der Waals surface area (Å²) in [5, 5.41) is 14.5. The van der Waals surface area contributed by atoms with Crippen molar-refractivity contribution in [2.45, 2.75) is 26.6 Å². The zero-order chi connectivity index (χ0) is 15.6. The number of hydrogen-bond acceptors (Lipinski definition) is 3. The molecule has 6 heteroatoms. The van der Waals surface area contributed by atoms with E-state index in [1.165, 1.54) is 5.56 Å². The number of aromatic nitrogens is 3. The third-order valence-corrected chi connectivity index (χ3v) is 3.13. The molecule has 116 valence electrons. The van der Waals surface area contributed by atoms with Crippen LogP contribution in [0.1, 0.15) is 18.3 Å². The van der Waals surface area contributed by atoms with Gasteiger partial charge in [0, 0.05) is 13.1 Å². The van der Waals surface area contributed by atoms with Crippen molar-refractivity contribution in [2.24, 2.45) is 4.99 Å². The zero-order valence-electron chi connectivity index (χ0n) is 12.9. The van der Waals surface area contributed by atoms with Gasteiger partial charge in [0.2, 0.25) is 0 Å². The highest BCUT2D eigenvalue weighted by atomic mass is 15.3. The van der Waals surface area contributed by atoms with Gasteiger partial charge in [0.25, 0.3) is 0 Å². The number of benzene rings is 1. The minimum atomic E-state index is 0.575. The maximum atomic E-state index is 4.58. The number of nitrogens with zero attached hydrogens (tertiary/aromatic N) is 4. The lowest BCUT2D eigenvalue weighted by atomic mass is 10.2. The predicted molar refractivity (Wildman–Crippen MR) is 88.3 cm³/mol. The lowest BCUT2D eigenvalue weighted by Crippen LogP contribution is -2.37. The number of nitrogens with one attached hydrogen (secondary N) is 2. The normalized spacial score (nSPS) is 11.2. The summed E-state index contributed by atoms with van der Waals surface area (Å²) in [4.78, 5) is 4.58. The van der Waals surface area contributed by atoms with E-state index >= 15 is 0 Å². The van der Waals surface area contributed by atoms with Gasteiger partial charge in [-0.2, -0.15) is 0 Å². The lowest BCUT2D eigenvalue weighted by Gasteiger charge is -2.11. The van der Waals surface area contributed by atoms with Crippen LogP contribution < -0.4 is 10.6 Å². The van der Waals surface area contributed by atoms with Gasteiger partial charge in [0.05, 0.1) is 13.1 Å². The van der Waals surface area contributed by atoms with Gasteiger partial charge in [-0.3, -0.25) is 0 Å². The first-order chi connectivity index (χ1) is 10.8. The van der Waals surface area contributed by atoms with Gasteiger partial charge < -0.3 is 15.2 Å². The topological polar surface area (TPSA) is 67.1 Å². The molecule has 0 atom stereocenters. The maximum absolute atomic E-state index is 4.58. The van der Waals surface area contributed by atoms with E-state index < -0.39 is 0 Å². The van der Waals surface area contributed by atoms with Crippen molar-refractivity contribution in [1.82, 2.24) is 25.4 Å². The van der Waals surface area contributed by atoms with Crippen LogP contribution in [0.15, 0.2) is 54.3 Å². The van der Waals surface area contributed by atoms with Crippen LogP contribution in [-0.2, 0) is 19.6 Å². The molecule has 0 spiro atoms. The number of aryl methyl sites for hydroxylation is 1. The van der Waals surface area contributed by atoms with Crippen molar-refractivity contribution in [3.8, 4) is 0 Å². The van der Waals surface area contributed by atoms with E-state index in [9.17, 15) is 0 Å². The van der Waals surface area contributed by atoms with Gasteiger partial charge in [-0.25, -0.2) is 4.99 Å². The third kappa shape index (κ3) is 4.73. The summed E-state index contributed by atoms with van der Waals surface area (Å²) in [7, 11) is 0. The van der Waals surface area contributed by atoms with Gasteiger partial charge in [-0.15, -0.1) is 16.8 Å². The Morgan fingerprint density at radius 1 is 1.32 bits per heavy atom. The Balaban J connectivity index is 1.97. The van der Waals surface area contributed by atoms with Crippen molar-refractivity contribution >= 4 is 5.96 Å². The van der Waals surface area contributed by atoms with Gasteiger partial charge in [0.1, 0.15) is 6.33 Å². The molecule has 0 amide bonds. The average Bonchev–Trinajstić information content (AvgIpc) is 3.02. The Bertz CT molecular complexity index is 602. The minimum absolute atomic E-state index is 0.575. The van der Waals surface area contributed by atoms with Crippen LogP contribution in [0.5, 0.6) is 0 Å². The van der Waals surface area contributed by atoms with Gasteiger partial charge in [-0.05, 0) is 12.5 Å². The van der Waals surface area contributed by atoms with Crippen LogP contribution >= 0.6 is 0 Å². The van der Waals surface area contributed by atoms with Crippen LogP contribution in [0.25, 0.3) is 0 Å². The molecule has 0 unspecified atom stereocenters. The molecule has 0 saturated heterocycles. The second kappa shape index (κ2) is 8.61. The molecular weight excluding hydrogens is 276 g/mol. The quantitative estimate of drug-likeness (QED) is 0.464. The summed E-state index contributed by atoms with van der Waals surface area (Å²) in [6.45, 7) is 8.47. The summed E-state index contributed by atoms with van der Waals surface area (Å²) >= 11 is 0. The predicted octanol–water partition coefficient (Wildman–Crippen LogP) is 1.72. The standard InChI is InChI=1S/C16H22N6/c1-3-10-17-16(18-11-14-8-6-5-7-9-14)19-12-15-21-20-13-22(15)4-2/h3,5-9,13H,1,4,10-12H2,2H3,(H2,17,18,19). The number of guanidine groups is 1. The first kappa shape index (κ1) is 15.8. The summed E-state index contributed by atoms with van der Waals surface area (Å²) in [5.41, 5.74) is 1.17. The second-order valence-electron chi connectivity index (χ2n) is 4.71. The minimum Gasteiger partial charge on any atom is -0.353 e. The van der Waals surface area contributed by atoms with Crippen molar-refractivity contribution in [3.05, 3.63) is 60.7 Å². The maximum Gasteiger partial charge on any atom is 0.192 e. The van der Waals surface area contributed by atoms with Crippen LogP contribution in [0.3, 0.4) is 0 Å². The smallest absolute Gasteiger partial charge is 0.192 e. The Morgan fingerprint density at radius 3 is 2.86 bits per heavy atom. The molecule has 0 radical (unpaired) electrons. The second-order valence-corrected chi connectivity index (χ2v) is 4.71. The fourth-order valence-corrected chi connectivity index (χ4v) is 1.94. The van der Waals surface area contributed by atoms with Crippen LogP contribution in [0.2, 0.25) is 0 Å². The Labute approximate surface area is 131 Å². The Kier molecular flexibility index (Phi) is 6.17. The molecule has 2 N–H and O–H groups in total.